The van der Waals surface area contributed by atoms with Crippen LogP contribution in [-0.4, -0.2) is 10.9 Å². The Morgan fingerprint density at radius 3 is 2.35 bits per heavy atom. The highest BCUT2D eigenvalue weighted by atomic mass is 19.1. The van der Waals surface area contributed by atoms with Crippen molar-refractivity contribution >= 4 is 11.7 Å². The molecule has 2 aliphatic heterocycles. The Morgan fingerprint density at radius 1 is 0.919 bits per heavy atom. The van der Waals surface area contributed by atoms with Crippen molar-refractivity contribution in [3.8, 4) is 11.1 Å². The molecule has 2 unspecified atom stereocenters. The van der Waals surface area contributed by atoms with Gasteiger partial charge in [-0.05, 0) is 95.6 Å². The number of nitrogens with one attached hydrogen (secondary N) is 1. The van der Waals surface area contributed by atoms with E-state index in [4.69, 9.17) is 10.5 Å². The first-order valence-electron chi connectivity index (χ1n) is 12.1. The second-order valence-corrected chi connectivity index (χ2v) is 9.77. The van der Waals surface area contributed by atoms with Gasteiger partial charge in [0, 0.05) is 29.4 Å². The molecule has 0 spiro atoms. The summed E-state index contributed by atoms with van der Waals surface area (Å²) in [5.41, 5.74) is 14.6. The van der Waals surface area contributed by atoms with E-state index >= 15 is 0 Å². The van der Waals surface area contributed by atoms with Crippen molar-refractivity contribution < 1.29 is 18.3 Å². The zero-order valence-electron chi connectivity index (χ0n) is 20.7. The molecular formula is C30H25F2N3O2. The molecule has 186 valence electrons. The highest BCUT2D eigenvalue weighted by molar-refractivity contribution is 5.94. The van der Waals surface area contributed by atoms with E-state index in [-0.39, 0.29) is 18.1 Å². The Bertz CT molecular complexity index is 1570. The van der Waals surface area contributed by atoms with Crippen LogP contribution < -0.4 is 11.1 Å². The molecule has 3 heterocycles. The van der Waals surface area contributed by atoms with E-state index in [1.54, 1.807) is 13.0 Å². The van der Waals surface area contributed by atoms with Gasteiger partial charge in [0.25, 0.3) is 5.91 Å². The molecular weight excluding hydrogens is 472 g/mol. The van der Waals surface area contributed by atoms with Gasteiger partial charge in [-0.2, -0.15) is 0 Å². The molecule has 2 bridgehead atoms. The number of pyridine rings is 1. The molecule has 0 fully saturated rings. The van der Waals surface area contributed by atoms with Gasteiger partial charge in [-0.15, -0.1) is 0 Å². The van der Waals surface area contributed by atoms with Gasteiger partial charge in [0.05, 0.1) is 0 Å². The minimum absolute atomic E-state index is 0.195. The maximum Gasteiger partial charge on any atom is 0.251 e. The van der Waals surface area contributed by atoms with E-state index in [1.165, 1.54) is 6.07 Å². The molecule has 0 saturated carbocycles. The average Bonchev–Trinajstić information content (AvgIpc) is 3.39. The Labute approximate surface area is 213 Å². The van der Waals surface area contributed by atoms with Gasteiger partial charge in [-0.25, -0.2) is 13.8 Å². The SMILES string of the molecule is Cc1cc(N)nc(C)c1CNC(=O)c1ccc2c(c1)C1OC2c2ccc(-c3c(C)cc(F)cc3F)cc21. The van der Waals surface area contributed by atoms with Crippen molar-refractivity contribution in [1.82, 2.24) is 10.3 Å². The minimum Gasteiger partial charge on any atom is -0.384 e. The predicted molar refractivity (Wildman–Crippen MR) is 137 cm³/mol. The van der Waals surface area contributed by atoms with Crippen molar-refractivity contribution in [2.24, 2.45) is 0 Å². The number of benzene rings is 3. The van der Waals surface area contributed by atoms with Crippen molar-refractivity contribution in [2.75, 3.05) is 5.73 Å². The fraction of sp³-hybridized carbons (Fsp3) is 0.200. The zero-order valence-corrected chi connectivity index (χ0v) is 20.7. The number of hydrogen-bond acceptors (Lipinski definition) is 4. The molecule has 4 aromatic rings. The molecule has 1 aromatic heterocycles. The van der Waals surface area contributed by atoms with Gasteiger partial charge in [-0.1, -0.05) is 18.2 Å². The summed E-state index contributed by atoms with van der Waals surface area (Å²) in [6, 6.07) is 15.4. The number of nitrogens with two attached hydrogens (primary N) is 1. The van der Waals surface area contributed by atoms with Crippen LogP contribution in [0.1, 0.15) is 67.2 Å². The van der Waals surface area contributed by atoms with Crippen LogP contribution >= 0.6 is 0 Å². The molecule has 0 saturated heterocycles. The van der Waals surface area contributed by atoms with Crippen LogP contribution in [0.25, 0.3) is 11.1 Å². The van der Waals surface area contributed by atoms with E-state index in [1.807, 2.05) is 50.2 Å². The molecule has 0 radical (unpaired) electrons. The number of carbonyl (C=O) groups excluding carboxylic acids is 1. The highest BCUT2D eigenvalue weighted by Crippen LogP contribution is 2.55. The van der Waals surface area contributed by atoms with Gasteiger partial charge in [0.1, 0.15) is 29.7 Å². The van der Waals surface area contributed by atoms with Crippen LogP contribution in [0, 0.1) is 32.4 Å². The van der Waals surface area contributed by atoms with Crippen molar-refractivity contribution in [1.29, 1.82) is 0 Å². The minimum atomic E-state index is -0.597. The number of rotatable bonds is 4. The lowest BCUT2D eigenvalue weighted by Gasteiger charge is -2.18. The Hall–Kier alpha value is -4.10. The van der Waals surface area contributed by atoms with E-state index in [9.17, 15) is 13.6 Å². The van der Waals surface area contributed by atoms with Crippen LogP contribution in [-0.2, 0) is 11.3 Å². The number of aromatic nitrogens is 1. The fourth-order valence-electron chi connectivity index (χ4n) is 5.64. The van der Waals surface area contributed by atoms with Crippen LogP contribution in [0.2, 0.25) is 0 Å². The zero-order chi connectivity index (χ0) is 26.0. The number of nitrogen functional groups attached to an aromatic ring is 1. The van der Waals surface area contributed by atoms with Gasteiger partial charge in [-0.3, -0.25) is 4.79 Å². The second kappa shape index (κ2) is 8.49. The Morgan fingerprint density at radius 2 is 1.62 bits per heavy atom. The number of halogens is 2. The summed E-state index contributed by atoms with van der Waals surface area (Å²) < 4.78 is 34.6. The molecule has 6 rings (SSSR count). The van der Waals surface area contributed by atoms with E-state index in [0.29, 0.717) is 34.6 Å². The first kappa shape index (κ1) is 23.3. The average molecular weight is 498 g/mol. The number of nitrogens with zero attached hydrogens (tertiary/aromatic N) is 1. The Balaban J connectivity index is 1.28. The predicted octanol–water partition coefficient (Wildman–Crippen LogP) is 5.99. The van der Waals surface area contributed by atoms with Gasteiger partial charge < -0.3 is 15.8 Å². The fourth-order valence-corrected chi connectivity index (χ4v) is 5.64. The summed E-state index contributed by atoms with van der Waals surface area (Å²) in [5.74, 6) is -0.929. The number of hydrogen-bond donors (Lipinski definition) is 2. The van der Waals surface area contributed by atoms with Crippen molar-refractivity contribution in [3.63, 3.8) is 0 Å². The molecule has 37 heavy (non-hydrogen) atoms. The molecule has 2 atom stereocenters. The van der Waals surface area contributed by atoms with Crippen LogP contribution in [0.4, 0.5) is 14.6 Å². The van der Waals surface area contributed by atoms with Gasteiger partial charge >= 0.3 is 0 Å². The van der Waals surface area contributed by atoms with Gasteiger partial charge in [0.15, 0.2) is 0 Å². The van der Waals surface area contributed by atoms with E-state index < -0.39 is 11.6 Å². The highest BCUT2D eigenvalue weighted by Gasteiger charge is 2.43. The van der Waals surface area contributed by atoms with Crippen molar-refractivity contribution in [3.05, 3.63) is 116 Å². The van der Waals surface area contributed by atoms with Crippen LogP contribution in [0.5, 0.6) is 0 Å². The number of aryl methyl sites for hydroxylation is 3. The quantitative estimate of drug-likeness (QED) is 0.363. The third-order valence-electron chi connectivity index (χ3n) is 7.38. The Kier molecular flexibility index (Phi) is 5.35. The first-order valence-corrected chi connectivity index (χ1v) is 12.1. The van der Waals surface area contributed by atoms with E-state index in [0.717, 1.165) is 45.1 Å². The molecule has 7 heteroatoms. The number of carbonyl (C=O) groups is 1. The third kappa shape index (κ3) is 3.78. The molecule has 2 aliphatic rings. The maximum atomic E-state index is 14.7. The smallest absolute Gasteiger partial charge is 0.251 e. The lowest BCUT2D eigenvalue weighted by atomic mass is 9.83. The summed E-state index contributed by atoms with van der Waals surface area (Å²) in [6.07, 6.45) is -0.580. The third-order valence-corrected chi connectivity index (χ3v) is 7.38. The normalized spacial score (nSPS) is 17.0. The molecule has 3 aromatic carbocycles. The summed E-state index contributed by atoms with van der Waals surface area (Å²) in [5, 5.41) is 2.99. The van der Waals surface area contributed by atoms with E-state index in [2.05, 4.69) is 10.3 Å². The molecule has 0 aliphatic carbocycles. The number of ether oxygens (including phenoxy) is 1. The number of anilines is 1. The summed E-state index contributed by atoms with van der Waals surface area (Å²) in [7, 11) is 0. The maximum absolute atomic E-state index is 14.7. The van der Waals surface area contributed by atoms with Crippen LogP contribution in [0.15, 0.2) is 54.6 Å². The lowest BCUT2D eigenvalue weighted by Crippen LogP contribution is -2.24. The topological polar surface area (TPSA) is 77.2 Å². The monoisotopic (exact) mass is 497 g/mol. The van der Waals surface area contributed by atoms with Crippen molar-refractivity contribution in [2.45, 2.75) is 39.5 Å². The first-order chi connectivity index (χ1) is 17.7. The molecule has 3 N–H and O–H groups in total. The number of fused-ring (bicyclic) bond motifs is 8. The summed E-state index contributed by atoms with van der Waals surface area (Å²) in [6.45, 7) is 5.86. The standard InChI is InChI=1S/C30H25F2N3O2/c1-14-9-26(33)35-16(3)24(14)13-34-30(36)18-5-7-21-23(11-18)29-22-10-17(4-6-20(22)28(21)37-29)27-15(2)8-19(31)12-25(27)32/h4-12,28-29H,13H2,1-3H3,(H2,33,35)(H,34,36). The summed E-state index contributed by atoms with van der Waals surface area (Å²) >= 11 is 0. The molecule has 5 nitrogen and oxygen atoms in total. The molecule has 1 amide bonds. The number of amides is 1. The second-order valence-electron chi connectivity index (χ2n) is 9.77. The summed E-state index contributed by atoms with van der Waals surface area (Å²) in [4.78, 5) is 17.3. The lowest BCUT2D eigenvalue weighted by molar-refractivity contribution is 0.0857. The van der Waals surface area contributed by atoms with Crippen LogP contribution in [0.3, 0.4) is 0 Å². The largest absolute Gasteiger partial charge is 0.384 e. The van der Waals surface area contributed by atoms with Gasteiger partial charge in [0.2, 0.25) is 0 Å².